The van der Waals surface area contributed by atoms with Crippen LogP contribution in [0.2, 0.25) is 0 Å². The summed E-state index contributed by atoms with van der Waals surface area (Å²) in [4.78, 5) is 0. The second-order valence-electron chi connectivity index (χ2n) is 6.37. The van der Waals surface area contributed by atoms with E-state index in [0.717, 1.165) is 18.2 Å². The normalized spacial score (nSPS) is 26.5. The van der Waals surface area contributed by atoms with Crippen molar-refractivity contribution >= 4 is 0 Å². The first-order valence-electron chi connectivity index (χ1n) is 8.08. The van der Waals surface area contributed by atoms with Crippen molar-refractivity contribution in [2.75, 3.05) is 6.54 Å². The van der Waals surface area contributed by atoms with E-state index in [4.69, 9.17) is 10.5 Å². The Bertz CT molecular complexity index is 429. The maximum atomic E-state index is 6.29. The van der Waals surface area contributed by atoms with Crippen LogP contribution in [0.4, 0.5) is 0 Å². The molecule has 1 aliphatic rings. The summed E-state index contributed by atoms with van der Waals surface area (Å²) in [6.07, 6.45) is 6.60. The Morgan fingerprint density at radius 2 is 2.00 bits per heavy atom. The number of benzene rings is 1. The summed E-state index contributed by atoms with van der Waals surface area (Å²) in [6, 6.07) is 6.40. The van der Waals surface area contributed by atoms with Crippen LogP contribution < -0.4 is 10.5 Å². The van der Waals surface area contributed by atoms with E-state index < -0.39 is 0 Å². The molecule has 0 spiro atoms. The minimum absolute atomic E-state index is 0.299. The van der Waals surface area contributed by atoms with Crippen LogP contribution in [0.5, 0.6) is 5.75 Å². The first-order valence-corrected chi connectivity index (χ1v) is 8.08. The van der Waals surface area contributed by atoms with Gasteiger partial charge in [-0.05, 0) is 68.8 Å². The van der Waals surface area contributed by atoms with Crippen LogP contribution in [0, 0.1) is 25.7 Å². The van der Waals surface area contributed by atoms with Gasteiger partial charge in [0.15, 0.2) is 0 Å². The van der Waals surface area contributed by atoms with Gasteiger partial charge >= 0.3 is 0 Å². The maximum Gasteiger partial charge on any atom is 0.120 e. The van der Waals surface area contributed by atoms with Crippen LogP contribution in [0.3, 0.4) is 0 Å². The number of rotatable bonds is 5. The molecule has 0 bridgehead atoms. The molecule has 3 atom stereocenters. The van der Waals surface area contributed by atoms with Crippen LogP contribution >= 0.6 is 0 Å². The predicted molar refractivity (Wildman–Crippen MR) is 85.1 cm³/mol. The molecule has 2 heteroatoms. The van der Waals surface area contributed by atoms with Crippen molar-refractivity contribution in [1.82, 2.24) is 0 Å². The molecule has 20 heavy (non-hydrogen) atoms. The molecule has 0 saturated heterocycles. The molecule has 0 aliphatic heterocycles. The van der Waals surface area contributed by atoms with Gasteiger partial charge in [0, 0.05) is 5.92 Å². The van der Waals surface area contributed by atoms with E-state index in [1.54, 1.807) is 0 Å². The monoisotopic (exact) mass is 275 g/mol. The van der Waals surface area contributed by atoms with Gasteiger partial charge in [-0.15, -0.1) is 0 Å². The first kappa shape index (κ1) is 15.4. The van der Waals surface area contributed by atoms with E-state index in [9.17, 15) is 0 Å². The molecule has 2 N–H and O–H groups in total. The van der Waals surface area contributed by atoms with Gasteiger partial charge in [0.1, 0.15) is 11.9 Å². The van der Waals surface area contributed by atoms with E-state index in [-0.39, 0.29) is 0 Å². The van der Waals surface area contributed by atoms with Crippen LogP contribution in [-0.2, 0) is 0 Å². The van der Waals surface area contributed by atoms with Crippen molar-refractivity contribution in [3.05, 3.63) is 29.3 Å². The second-order valence-corrected chi connectivity index (χ2v) is 6.37. The largest absolute Gasteiger partial charge is 0.490 e. The highest BCUT2D eigenvalue weighted by Gasteiger charge is 2.30. The van der Waals surface area contributed by atoms with Gasteiger partial charge in [-0.25, -0.2) is 0 Å². The van der Waals surface area contributed by atoms with Crippen molar-refractivity contribution in [3.8, 4) is 5.75 Å². The Morgan fingerprint density at radius 3 is 2.65 bits per heavy atom. The molecule has 0 aromatic heterocycles. The molecule has 0 radical (unpaired) electrons. The average Bonchev–Trinajstić information content (AvgIpc) is 2.44. The Balaban J connectivity index is 2.04. The SMILES string of the molecule is CCCC1CCC(CN)C(Oc2ccc(C)c(C)c2)C1. The average molecular weight is 275 g/mol. The van der Waals surface area contributed by atoms with Crippen molar-refractivity contribution in [3.63, 3.8) is 0 Å². The van der Waals surface area contributed by atoms with Gasteiger partial charge in [-0.1, -0.05) is 25.8 Å². The van der Waals surface area contributed by atoms with Gasteiger partial charge < -0.3 is 10.5 Å². The molecule has 1 saturated carbocycles. The van der Waals surface area contributed by atoms with Crippen molar-refractivity contribution in [2.24, 2.45) is 17.6 Å². The molecule has 112 valence electrons. The Hall–Kier alpha value is -1.02. The summed E-state index contributed by atoms with van der Waals surface area (Å²) in [5.74, 6) is 2.35. The van der Waals surface area contributed by atoms with Crippen LogP contribution in [-0.4, -0.2) is 12.6 Å². The van der Waals surface area contributed by atoms with Gasteiger partial charge in [-0.3, -0.25) is 0 Å². The first-order chi connectivity index (χ1) is 9.63. The van der Waals surface area contributed by atoms with Crippen LogP contribution in [0.25, 0.3) is 0 Å². The van der Waals surface area contributed by atoms with Crippen molar-refractivity contribution < 1.29 is 4.74 Å². The molecule has 1 aromatic carbocycles. The molecule has 1 aliphatic carbocycles. The van der Waals surface area contributed by atoms with E-state index >= 15 is 0 Å². The number of ether oxygens (including phenoxy) is 1. The van der Waals surface area contributed by atoms with E-state index in [2.05, 4.69) is 39.0 Å². The summed E-state index contributed by atoms with van der Waals surface area (Å²) < 4.78 is 6.29. The molecule has 3 unspecified atom stereocenters. The topological polar surface area (TPSA) is 35.2 Å². The predicted octanol–water partition coefficient (Wildman–Crippen LogP) is 4.23. The third kappa shape index (κ3) is 3.76. The molecule has 1 aromatic rings. The molecule has 1 fully saturated rings. The van der Waals surface area contributed by atoms with E-state index in [0.29, 0.717) is 12.0 Å². The quantitative estimate of drug-likeness (QED) is 0.873. The summed E-state index contributed by atoms with van der Waals surface area (Å²) in [6.45, 7) is 7.30. The zero-order valence-corrected chi connectivity index (χ0v) is 13.2. The molecule has 0 heterocycles. The van der Waals surface area contributed by atoms with Crippen molar-refractivity contribution in [1.29, 1.82) is 0 Å². The van der Waals surface area contributed by atoms with Gasteiger partial charge in [-0.2, -0.15) is 0 Å². The molecule has 2 nitrogen and oxygen atoms in total. The summed E-state index contributed by atoms with van der Waals surface area (Å²) in [5, 5.41) is 0. The highest BCUT2D eigenvalue weighted by atomic mass is 16.5. The van der Waals surface area contributed by atoms with Crippen LogP contribution in [0.15, 0.2) is 18.2 Å². The lowest BCUT2D eigenvalue weighted by Crippen LogP contribution is -2.38. The van der Waals surface area contributed by atoms with E-state index in [1.807, 2.05) is 0 Å². The zero-order valence-electron chi connectivity index (χ0n) is 13.2. The molecular formula is C18H29NO. The summed E-state index contributed by atoms with van der Waals surface area (Å²) >= 11 is 0. The Labute approximate surface area is 123 Å². The number of hydrogen-bond acceptors (Lipinski definition) is 2. The standard InChI is InChI=1S/C18H29NO/c1-4-5-15-7-8-16(12-19)18(11-15)20-17-9-6-13(2)14(3)10-17/h6,9-10,15-16,18H,4-5,7-8,11-12,19H2,1-3H3. The number of aryl methyl sites for hydroxylation is 2. The third-order valence-corrected chi connectivity index (χ3v) is 4.80. The van der Waals surface area contributed by atoms with E-state index in [1.165, 1.54) is 43.2 Å². The minimum atomic E-state index is 0.299. The molecule has 0 amide bonds. The fraction of sp³-hybridized carbons (Fsp3) is 0.667. The zero-order chi connectivity index (χ0) is 14.5. The summed E-state index contributed by atoms with van der Waals surface area (Å²) in [7, 11) is 0. The molecular weight excluding hydrogens is 246 g/mol. The number of hydrogen-bond donors (Lipinski definition) is 1. The lowest BCUT2D eigenvalue weighted by Gasteiger charge is -2.35. The Kier molecular flexibility index (Phi) is 5.47. The fourth-order valence-corrected chi connectivity index (χ4v) is 3.32. The van der Waals surface area contributed by atoms with Gasteiger partial charge in [0.2, 0.25) is 0 Å². The third-order valence-electron chi connectivity index (χ3n) is 4.80. The van der Waals surface area contributed by atoms with Crippen LogP contribution in [0.1, 0.15) is 50.2 Å². The highest BCUT2D eigenvalue weighted by Crippen LogP contribution is 2.34. The highest BCUT2D eigenvalue weighted by molar-refractivity contribution is 5.34. The van der Waals surface area contributed by atoms with Crippen molar-refractivity contribution in [2.45, 2.75) is 59.0 Å². The molecule has 2 rings (SSSR count). The Morgan fingerprint density at radius 1 is 1.20 bits per heavy atom. The number of nitrogens with two attached hydrogens (primary N) is 1. The lowest BCUT2D eigenvalue weighted by molar-refractivity contribution is 0.0668. The summed E-state index contributed by atoms with van der Waals surface area (Å²) in [5.41, 5.74) is 8.56. The van der Waals surface area contributed by atoms with Gasteiger partial charge in [0.05, 0.1) is 0 Å². The fourth-order valence-electron chi connectivity index (χ4n) is 3.32. The lowest BCUT2D eigenvalue weighted by atomic mass is 9.78. The van der Waals surface area contributed by atoms with Gasteiger partial charge in [0.25, 0.3) is 0 Å². The smallest absolute Gasteiger partial charge is 0.120 e. The second kappa shape index (κ2) is 7.12. The maximum absolute atomic E-state index is 6.29. The minimum Gasteiger partial charge on any atom is -0.490 e.